The molecule has 0 saturated carbocycles. The first kappa shape index (κ1) is 15.8. The zero-order chi connectivity index (χ0) is 16.1. The molecule has 0 radical (unpaired) electrons. The van der Waals surface area contributed by atoms with Gasteiger partial charge in [0.25, 0.3) is 0 Å². The summed E-state index contributed by atoms with van der Waals surface area (Å²) in [5.41, 5.74) is 0.402. The van der Waals surface area contributed by atoms with Gasteiger partial charge < -0.3 is 4.74 Å². The van der Waals surface area contributed by atoms with E-state index in [0.717, 1.165) is 0 Å². The van der Waals surface area contributed by atoms with Crippen molar-refractivity contribution in [1.82, 2.24) is 15.2 Å². The van der Waals surface area contributed by atoms with Gasteiger partial charge in [-0.15, -0.1) is 5.10 Å². The SMILES string of the molecule is Fc1ccccc1-c1nc(SCCOc2ccccc2Cl)n[nH]1. The van der Waals surface area contributed by atoms with Gasteiger partial charge in [-0.2, -0.15) is 0 Å². The second-order valence-corrected chi connectivity index (χ2v) is 6.04. The number of ether oxygens (including phenoxy) is 1. The van der Waals surface area contributed by atoms with Gasteiger partial charge in [-0.1, -0.05) is 47.6 Å². The van der Waals surface area contributed by atoms with E-state index < -0.39 is 0 Å². The van der Waals surface area contributed by atoms with Crippen LogP contribution >= 0.6 is 23.4 Å². The van der Waals surface area contributed by atoms with Crippen molar-refractivity contribution >= 4 is 23.4 Å². The highest BCUT2D eigenvalue weighted by Gasteiger charge is 2.10. The Bertz CT molecular complexity index is 796. The fourth-order valence-corrected chi connectivity index (χ4v) is 2.74. The minimum Gasteiger partial charge on any atom is -0.491 e. The Labute approximate surface area is 142 Å². The molecular weight excluding hydrogens is 337 g/mol. The van der Waals surface area contributed by atoms with Crippen LogP contribution in [-0.2, 0) is 0 Å². The van der Waals surface area contributed by atoms with Gasteiger partial charge >= 0.3 is 0 Å². The Morgan fingerprint density at radius 2 is 1.91 bits per heavy atom. The minimum atomic E-state index is -0.331. The standard InChI is InChI=1S/C16H13ClFN3OS/c17-12-6-2-4-8-14(12)22-9-10-23-16-19-15(20-21-16)11-5-1-3-7-13(11)18/h1-8H,9-10H2,(H,19,20,21). The van der Waals surface area contributed by atoms with Crippen molar-refractivity contribution in [3.05, 3.63) is 59.4 Å². The van der Waals surface area contributed by atoms with E-state index in [4.69, 9.17) is 16.3 Å². The first-order valence-electron chi connectivity index (χ1n) is 6.91. The normalized spacial score (nSPS) is 10.7. The molecule has 23 heavy (non-hydrogen) atoms. The zero-order valence-electron chi connectivity index (χ0n) is 12.0. The van der Waals surface area contributed by atoms with Gasteiger partial charge in [0.2, 0.25) is 5.16 Å². The van der Waals surface area contributed by atoms with Crippen molar-refractivity contribution in [1.29, 1.82) is 0 Å². The maximum absolute atomic E-state index is 13.7. The van der Waals surface area contributed by atoms with Crippen LogP contribution in [0.15, 0.2) is 53.7 Å². The topological polar surface area (TPSA) is 50.8 Å². The van der Waals surface area contributed by atoms with Crippen molar-refractivity contribution < 1.29 is 9.13 Å². The molecule has 0 aliphatic carbocycles. The number of para-hydroxylation sites is 1. The van der Waals surface area contributed by atoms with Crippen LogP contribution in [0.3, 0.4) is 0 Å². The predicted octanol–water partition coefficient (Wildman–Crippen LogP) is 4.44. The molecule has 0 amide bonds. The molecule has 1 aromatic heterocycles. The van der Waals surface area contributed by atoms with Crippen molar-refractivity contribution in [2.24, 2.45) is 0 Å². The molecule has 0 spiro atoms. The Kier molecular flexibility index (Phi) is 5.15. The quantitative estimate of drug-likeness (QED) is 0.528. The molecule has 7 heteroatoms. The smallest absolute Gasteiger partial charge is 0.208 e. The summed E-state index contributed by atoms with van der Waals surface area (Å²) >= 11 is 7.43. The van der Waals surface area contributed by atoms with E-state index in [9.17, 15) is 4.39 Å². The van der Waals surface area contributed by atoms with Gasteiger partial charge in [0, 0.05) is 5.75 Å². The number of thioether (sulfide) groups is 1. The van der Waals surface area contributed by atoms with Gasteiger partial charge in [0.05, 0.1) is 17.2 Å². The molecule has 0 saturated heterocycles. The van der Waals surface area contributed by atoms with Crippen molar-refractivity contribution in [3.63, 3.8) is 0 Å². The van der Waals surface area contributed by atoms with Crippen LogP contribution in [0.4, 0.5) is 4.39 Å². The molecule has 2 aromatic carbocycles. The number of aromatic nitrogens is 3. The number of halogens is 2. The number of hydrogen-bond acceptors (Lipinski definition) is 4. The molecule has 1 heterocycles. The lowest BCUT2D eigenvalue weighted by Gasteiger charge is -2.06. The largest absolute Gasteiger partial charge is 0.491 e. The van der Waals surface area contributed by atoms with Crippen LogP contribution < -0.4 is 4.74 Å². The number of nitrogens with one attached hydrogen (secondary N) is 1. The second kappa shape index (κ2) is 7.48. The van der Waals surface area contributed by atoms with Crippen molar-refractivity contribution in [3.8, 4) is 17.1 Å². The highest BCUT2D eigenvalue weighted by atomic mass is 35.5. The predicted molar refractivity (Wildman–Crippen MR) is 89.4 cm³/mol. The average molecular weight is 350 g/mol. The molecule has 0 atom stereocenters. The summed E-state index contributed by atoms with van der Waals surface area (Å²) in [5.74, 6) is 1.39. The van der Waals surface area contributed by atoms with Crippen LogP contribution in [0, 0.1) is 5.82 Å². The fourth-order valence-electron chi connectivity index (χ4n) is 1.93. The monoisotopic (exact) mass is 349 g/mol. The van der Waals surface area contributed by atoms with Gasteiger partial charge in [0.15, 0.2) is 5.82 Å². The molecule has 3 rings (SSSR count). The average Bonchev–Trinajstić information content (AvgIpc) is 3.02. The molecule has 118 valence electrons. The molecule has 0 unspecified atom stereocenters. The van der Waals surface area contributed by atoms with E-state index in [2.05, 4.69) is 15.2 Å². The summed E-state index contributed by atoms with van der Waals surface area (Å²) in [7, 11) is 0. The molecule has 0 bridgehead atoms. The van der Waals surface area contributed by atoms with Crippen LogP contribution in [0.5, 0.6) is 5.75 Å². The molecular formula is C16H13ClFN3OS. The Hall–Kier alpha value is -2.05. The summed E-state index contributed by atoms with van der Waals surface area (Å²) in [4.78, 5) is 4.28. The third-order valence-electron chi connectivity index (χ3n) is 3.00. The number of benzene rings is 2. The second-order valence-electron chi connectivity index (χ2n) is 4.57. The molecule has 0 aliphatic heterocycles. The summed E-state index contributed by atoms with van der Waals surface area (Å²) in [5, 5.41) is 7.95. The molecule has 0 aliphatic rings. The lowest BCUT2D eigenvalue weighted by atomic mass is 10.2. The van der Waals surface area contributed by atoms with Crippen molar-refractivity contribution in [2.45, 2.75) is 5.16 Å². The van der Waals surface area contributed by atoms with Crippen LogP contribution in [0.1, 0.15) is 0 Å². The van der Waals surface area contributed by atoms with E-state index >= 15 is 0 Å². The van der Waals surface area contributed by atoms with Crippen LogP contribution in [0.2, 0.25) is 5.02 Å². The Balaban J connectivity index is 1.54. The summed E-state index contributed by atoms with van der Waals surface area (Å²) in [6, 6.07) is 13.7. The van der Waals surface area contributed by atoms with E-state index in [1.165, 1.54) is 17.8 Å². The maximum Gasteiger partial charge on any atom is 0.208 e. The third-order valence-corrected chi connectivity index (χ3v) is 4.13. The molecule has 4 nitrogen and oxygen atoms in total. The Morgan fingerprint density at radius 3 is 2.74 bits per heavy atom. The third kappa shape index (κ3) is 4.03. The van der Waals surface area contributed by atoms with E-state index in [1.54, 1.807) is 24.3 Å². The number of aromatic amines is 1. The van der Waals surface area contributed by atoms with Gasteiger partial charge in [-0.3, -0.25) is 5.10 Å². The molecule has 0 fully saturated rings. The maximum atomic E-state index is 13.7. The fraction of sp³-hybridized carbons (Fsp3) is 0.125. The summed E-state index contributed by atoms with van der Waals surface area (Å²) in [6.45, 7) is 0.470. The number of rotatable bonds is 6. The summed E-state index contributed by atoms with van der Waals surface area (Å²) < 4.78 is 19.3. The Morgan fingerprint density at radius 1 is 1.13 bits per heavy atom. The molecule has 3 aromatic rings. The van der Waals surface area contributed by atoms with E-state index in [-0.39, 0.29) is 5.82 Å². The highest BCUT2D eigenvalue weighted by molar-refractivity contribution is 7.99. The zero-order valence-corrected chi connectivity index (χ0v) is 13.6. The minimum absolute atomic E-state index is 0.331. The highest BCUT2D eigenvalue weighted by Crippen LogP contribution is 2.24. The van der Waals surface area contributed by atoms with Gasteiger partial charge in [-0.05, 0) is 24.3 Å². The van der Waals surface area contributed by atoms with Gasteiger partial charge in [0.1, 0.15) is 11.6 Å². The van der Waals surface area contributed by atoms with Gasteiger partial charge in [-0.25, -0.2) is 9.37 Å². The van der Waals surface area contributed by atoms with Crippen LogP contribution in [0.25, 0.3) is 11.4 Å². The molecule has 1 N–H and O–H groups in total. The van der Waals surface area contributed by atoms with E-state index in [1.807, 2.05) is 18.2 Å². The summed E-state index contributed by atoms with van der Waals surface area (Å²) in [6.07, 6.45) is 0. The van der Waals surface area contributed by atoms with Crippen molar-refractivity contribution in [2.75, 3.05) is 12.4 Å². The first-order chi connectivity index (χ1) is 11.2. The number of H-pyrrole nitrogens is 1. The lowest BCUT2D eigenvalue weighted by molar-refractivity contribution is 0.344. The number of nitrogens with zero attached hydrogens (tertiary/aromatic N) is 2. The first-order valence-corrected chi connectivity index (χ1v) is 8.28. The van der Waals surface area contributed by atoms with Crippen LogP contribution in [-0.4, -0.2) is 27.5 Å². The van der Waals surface area contributed by atoms with E-state index in [0.29, 0.717) is 39.7 Å². The lowest BCUT2D eigenvalue weighted by Crippen LogP contribution is -2.00. The number of hydrogen-bond donors (Lipinski definition) is 1.